The first-order valence-electron chi connectivity index (χ1n) is 2.07. The van der Waals surface area contributed by atoms with E-state index in [2.05, 4.69) is 6.58 Å². The van der Waals surface area contributed by atoms with Crippen LogP contribution in [0.4, 0.5) is 0 Å². The summed E-state index contributed by atoms with van der Waals surface area (Å²) in [5.74, 6) is 0. The minimum atomic E-state index is -0.669. The Hall–Kier alpha value is -0.630. The second kappa shape index (κ2) is 2.53. The van der Waals surface area contributed by atoms with Crippen molar-refractivity contribution in [2.75, 3.05) is 0 Å². The molecule has 0 saturated carbocycles. The van der Waals surface area contributed by atoms with Crippen molar-refractivity contribution >= 4 is 5.71 Å². The van der Waals surface area contributed by atoms with Gasteiger partial charge in [0.15, 0.2) is 0 Å². The van der Waals surface area contributed by atoms with Crippen LogP contribution in [0, 0.1) is 5.41 Å². The topological polar surface area (TPSA) is 44.1 Å². The van der Waals surface area contributed by atoms with Crippen molar-refractivity contribution in [1.82, 2.24) is 0 Å². The Bertz CT molecular complexity index is 86.1. The SMILES string of the molecule is C=CC(=N)C(C)O. The maximum absolute atomic E-state index is 8.53. The van der Waals surface area contributed by atoms with Crippen molar-refractivity contribution < 1.29 is 5.11 Å². The van der Waals surface area contributed by atoms with Gasteiger partial charge in [-0.25, -0.2) is 0 Å². The summed E-state index contributed by atoms with van der Waals surface area (Å²) in [4.78, 5) is 0. The Labute approximate surface area is 43.0 Å². The van der Waals surface area contributed by atoms with Crippen LogP contribution in [0.5, 0.6) is 0 Å². The molecule has 0 saturated heterocycles. The van der Waals surface area contributed by atoms with Gasteiger partial charge in [0, 0.05) is 0 Å². The second-order valence-corrected chi connectivity index (χ2v) is 1.34. The van der Waals surface area contributed by atoms with Crippen molar-refractivity contribution in [2.24, 2.45) is 0 Å². The van der Waals surface area contributed by atoms with E-state index in [0.29, 0.717) is 0 Å². The zero-order valence-electron chi connectivity index (χ0n) is 4.31. The number of aliphatic hydroxyl groups excluding tert-OH is 1. The van der Waals surface area contributed by atoms with Crippen LogP contribution in [0.25, 0.3) is 0 Å². The molecule has 1 atom stereocenters. The van der Waals surface area contributed by atoms with E-state index in [1.54, 1.807) is 0 Å². The minimum absolute atomic E-state index is 0.167. The summed E-state index contributed by atoms with van der Waals surface area (Å²) in [7, 11) is 0. The summed E-state index contributed by atoms with van der Waals surface area (Å²) in [6.45, 7) is 4.83. The van der Waals surface area contributed by atoms with Gasteiger partial charge in [-0.05, 0) is 13.0 Å². The fourth-order valence-electron chi connectivity index (χ4n) is 0.171. The number of hydrogen-bond acceptors (Lipinski definition) is 2. The van der Waals surface area contributed by atoms with E-state index in [0.717, 1.165) is 0 Å². The molecular formula is C5H9NO. The molecule has 0 aromatic carbocycles. The number of hydrogen-bond donors (Lipinski definition) is 2. The zero-order chi connectivity index (χ0) is 5.86. The third kappa shape index (κ3) is 2.11. The number of rotatable bonds is 2. The molecule has 0 amide bonds. The lowest BCUT2D eigenvalue weighted by molar-refractivity contribution is 0.262. The van der Waals surface area contributed by atoms with E-state index in [1.165, 1.54) is 13.0 Å². The van der Waals surface area contributed by atoms with Crippen LogP contribution >= 0.6 is 0 Å². The second-order valence-electron chi connectivity index (χ2n) is 1.34. The van der Waals surface area contributed by atoms with Crippen molar-refractivity contribution in [1.29, 1.82) is 5.41 Å². The predicted molar refractivity (Wildman–Crippen MR) is 29.6 cm³/mol. The van der Waals surface area contributed by atoms with Crippen LogP contribution in [0.3, 0.4) is 0 Å². The maximum atomic E-state index is 8.53. The molecule has 0 aliphatic rings. The quantitative estimate of drug-likeness (QED) is 0.488. The van der Waals surface area contributed by atoms with Gasteiger partial charge in [0.05, 0.1) is 11.8 Å². The van der Waals surface area contributed by atoms with Crippen molar-refractivity contribution in [2.45, 2.75) is 13.0 Å². The molecule has 0 rings (SSSR count). The van der Waals surface area contributed by atoms with E-state index < -0.39 is 6.10 Å². The Morgan fingerprint density at radius 2 is 2.43 bits per heavy atom. The Kier molecular flexibility index (Phi) is 2.30. The van der Waals surface area contributed by atoms with Gasteiger partial charge in [0.2, 0.25) is 0 Å². The monoisotopic (exact) mass is 99.1 g/mol. The Morgan fingerprint density at radius 1 is 2.00 bits per heavy atom. The van der Waals surface area contributed by atoms with E-state index >= 15 is 0 Å². The van der Waals surface area contributed by atoms with Crippen LogP contribution in [0.2, 0.25) is 0 Å². The first kappa shape index (κ1) is 6.37. The highest BCUT2D eigenvalue weighted by molar-refractivity contribution is 5.94. The van der Waals surface area contributed by atoms with Gasteiger partial charge < -0.3 is 10.5 Å². The molecule has 0 bridgehead atoms. The summed E-state index contributed by atoms with van der Waals surface area (Å²) in [6.07, 6.45) is 0.655. The van der Waals surface area contributed by atoms with Gasteiger partial charge in [-0.3, -0.25) is 0 Å². The zero-order valence-corrected chi connectivity index (χ0v) is 4.31. The molecule has 2 nitrogen and oxygen atoms in total. The molecule has 2 N–H and O–H groups in total. The van der Waals surface area contributed by atoms with Crippen LogP contribution in [-0.2, 0) is 0 Å². The van der Waals surface area contributed by atoms with Gasteiger partial charge in [-0.2, -0.15) is 0 Å². The molecule has 0 heterocycles. The van der Waals surface area contributed by atoms with Gasteiger partial charge >= 0.3 is 0 Å². The third-order valence-corrected chi connectivity index (χ3v) is 0.670. The summed E-state index contributed by atoms with van der Waals surface area (Å²) < 4.78 is 0. The lowest BCUT2D eigenvalue weighted by Gasteiger charge is -1.96. The summed E-state index contributed by atoms with van der Waals surface area (Å²) in [5.41, 5.74) is 0.167. The fourth-order valence-corrected chi connectivity index (χ4v) is 0.171. The predicted octanol–water partition coefficient (Wildman–Crippen LogP) is 0.573. The van der Waals surface area contributed by atoms with Crippen LogP contribution in [0.15, 0.2) is 12.7 Å². The van der Waals surface area contributed by atoms with Crippen LogP contribution in [-0.4, -0.2) is 16.9 Å². The highest BCUT2D eigenvalue weighted by Gasteiger charge is 1.95. The van der Waals surface area contributed by atoms with E-state index in [1.807, 2.05) is 0 Å². The lowest BCUT2D eigenvalue weighted by atomic mass is 10.2. The van der Waals surface area contributed by atoms with Gasteiger partial charge in [0.1, 0.15) is 0 Å². The highest BCUT2D eigenvalue weighted by atomic mass is 16.3. The Balaban J connectivity index is 3.56. The van der Waals surface area contributed by atoms with Gasteiger partial charge in [-0.1, -0.05) is 6.58 Å². The molecule has 0 aromatic heterocycles. The molecule has 2 heteroatoms. The molecule has 1 unspecified atom stereocenters. The average Bonchev–Trinajstić information content (AvgIpc) is 1.65. The highest BCUT2D eigenvalue weighted by Crippen LogP contribution is 1.81. The summed E-state index contributed by atoms with van der Waals surface area (Å²) in [5, 5.41) is 15.3. The van der Waals surface area contributed by atoms with Gasteiger partial charge in [-0.15, -0.1) is 0 Å². The molecule has 0 fully saturated rings. The van der Waals surface area contributed by atoms with E-state index in [4.69, 9.17) is 10.5 Å². The molecule has 40 valence electrons. The standard InChI is InChI=1S/C5H9NO/c1-3-5(6)4(2)7/h3-4,6-7H,1H2,2H3. The third-order valence-electron chi connectivity index (χ3n) is 0.670. The molecule has 0 radical (unpaired) electrons. The normalized spacial score (nSPS) is 12.9. The Morgan fingerprint density at radius 3 is 2.43 bits per heavy atom. The van der Waals surface area contributed by atoms with Crippen LogP contribution < -0.4 is 0 Å². The molecule has 0 spiro atoms. The molecular weight excluding hydrogens is 90.1 g/mol. The number of aliphatic hydroxyl groups is 1. The molecule has 0 aliphatic carbocycles. The summed E-state index contributed by atoms with van der Waals surface area (Å²) >= 11 is 0. The van der Waals surface area contributed by atoms with Crippen molar-refractivity contribution in [3.63, 3.8) is 0 Å². The molecule has 0 aliphatic heterocycles. The largest absolute Gasteiger partial charge is 0.387 e. The van der Waals surface area contributed by atoms with E-state index in [-0.39, 0.29) is 5.71 Å². The fraction of sp³-hybridized carbons (Fsp3) is 0.400. The van der Waals surface area contributed by atoms with E-state index in [9.17, 15) is 0 Å². The van der Waals surface area contributed by atoms with Crippen molar-refractivity contribution in [3.8, 4) is 0 Å². The average molecular weight is 99.1 g/mol. The first-order valence-corrected chi connectivity index (χ1v) is 2.07. The lowest BCUT2D eigenvalue weighted by Crippen LogP contribution is -2.10. The maximum Gasteiger partial charge on any atom is 0.0924 e. The molecule has 7 heavy (non-hydrogen) atoms. The van der Waals surface area contributed by atoms with Gasteiger partial charge in [0.25, 0.3) is 0 Å². The van der Waals surface area contributed by atoms with Crippen molar-refractivity contribution in [3.05, 3.63) is 12.7 Å². The first-order chi connectivity index (χ1) is 3.18. The summed E-state index contributed by atoms with van der Waals surface area (Å²) in [6, 6.07) is 0. The smallest absolute Gasteiger partial charge is 0.0924 e. The minimum Gasteiger partial charge on any atom is -0.387 e. The molecule has 0 aromatic rings. The van der Waals surface area contributed by atoms with Crippen LogP contribution in [0.1, 0.15) is 6.92 Å². The number of nitrogens with one attached hydrogen (secondary N) is 1.